The molecule has 2 aromatic rings. The Balaban J connectivity index is 2.78. The van der Waals surface area contributed by atoms with Gasteiger partial charge in [-0.2, -0.15) is 0 Å². The summed E-state index contributed by atoms with van der Waals surface area (Å²) in [4.78, 5) is 40.2. The Bertz CT molecular complexity index is 1020. The number of rotatable bonds is 3. The number of nitrogens with one attached hydrogen (secondary N) is 1. The van der Waals surface area contributed by atoms with Gasteiger partial charge in [0.2, 0.25) is 0 Å². The quantitative estimate of drug-likeness (QED) is 0.655. The molecule has 2 rings (SSSR count). The fourth-order valence-corrected chi connectivity index (χ4v) is 2.51. The van der Waals surface area contributed by atoms with Gasteiger partial charge in [-0.3, -0.25) is 9.59 Å². The van der Waals surface area contributed by atoms with Crippen LogP contribution < -0.4 is 15.7 Å². The Morgan fingerprint density at radius 2 is 1.88 bits per heavy atom. The van der Waals surface area contributed by atoms with E-state index in [4.69, 9.17) is 21.1 Å². The highest BCUT2D eigenvalue weighted by atomic mass is 35.5. The lowest BCUT2D eigenvalue weighted by Gasteiger charge is -2.19. The summed E-state index contributed by atoms with van der Waals surface area (Å²) in [6, 6.07) is 4.53. The van der Waals surface area contributed by atoms with E-state index in [0.29, 0.717) is 5.02 Å². The molecule has 0 amide bonds. The summed E-state index contributed by atoms with van der Waals surface area (Å²) in [6.07, 6.45) is 1.30. The van der Waals surface area contributed by atoms with E-state index < -0.39 is 22.6 Å². The summed E-state index contributed by atoms with van der Waals surface area (Å²) >= 11 is 5.94. The molecule has 1 heterocycles. The van der Waals surface area contributed by atoms with Crippen molar-refractivity contribution in [3.05, 3.63) is 54.9 Å². The van der Waals surface area contributed by atoms with Crippen LogP contribution in [0.25, 0.3) is 17.0 Å². The lowest BCUT2D eigenvalue weighted by atomic mass is 10.1. The first-order chi connectivity index (χ1) is 12.0. The number of aromatic nitrogens is 1. The highest BCUT2D eigenvalue weighted by Crippen LogP contribution is 2.19. The van der Waals surface area contributed by atoms with E-state index in [0.717, 1.165) is 0 Å². The van der Waals surface area contributed by atoms with E-state index in [2.05, 4.69) is 4.98 Å². The molecule has 0 atom stereocenters. The Morgan fingerprint density at radius 3 is 2.46 bits per heavy atom. The highest BCUT2D eigenvalue weighted by molar-refractivity contribution is 6.31. The monoisotopic (exact) mass is 377 g/mol. The summed E-state index contributed by atoms with van der Waals surface area (Å²) < 4.78 is 10.4. The van der Waals surface area contributed by atoms with Crippen LogP contribution in [0.4, 0.5) is 0 Å². The first-order valence-corrected chi connectivity index (χ1v) is 8.27. The first-order valence-electron chi connectivity index (χ1n) is 7.89. The van der Waals surface area contributed by atoms with Gasteiger partial charge in [-0.15, -0.1) is 0 Å². The lowest BCUT2D eigenvalue weighted by molar-refractivity contribution is -0.149. The van der Waals surface area contributed by atoms with Gasteiger partial charge in [-0.1, -0.05) is 11.6 Å². The van der Waals surface area contributed by atoms with Crippen molar-refractivity contribution in [3.63, 3.8) is 0 Å². The maximum Gasteiger partial charge on any atom is 0.334 e. The van der Waals surface area contributed by atoms with Gasteiger partial charge in [0.15, 0.2) is 11.2 Å². The van der Waals surface area contributed by atoms with Crippen LogP contribution in [0.1, 0.15) is 33.3 Å². The number of carbonyl (C=O) groups is 1. The van der Waals surface area contributed by atoms with Gasteiger partial charge < -0.3 is 14.5 Å². The molecule has 0 saturated heterocycles. The third-order valence-corrected chi connectivity index (χ3v) is 3.69. The maximum absolute atomic E-state index is 12.9. The second-order valence-corrected chi connectivity index (χ2v) is 7.19. The van der Waals surface area contributed by atoms with Crippen LogP contribution in [-0.2, 0) is 9.53 Å². The topological polar surface area (TPSA) is 85.5 Å². The average molecular weight is 378 g/mol. The molecule has 0 fully saturated rings. The largest absolute Gasteiger partial charge is 0.491 e. The lowest BCUT2D eigenvalue weighted by Crippen LogP contribution is -2.24. The van der Waals surface area contributed by atoms with Crippen LogP contribution in [0.15, 0.2) is 33.4 Å². The Hall–Kier alpha value is -2.60. The van der Waals surface area contributed by atoms with Gasteiger partial charge in [0.25, 0.3) is 5.56 Å². The molecule has 0 unspecified atom stereocenters. The van der Waals surface area contributed by atoms with Crippen molar-refractivity contribution in [2.75, 3.05) is 7.11 Å². The summed E-state index contributed by atoms with van der Waals surface area (Å²) in [7, 11) is 1.28. The number of hydrogen-bond acceptors (Lipinski definition) is 5. The zero-order chi connectivity index (χ0) is 19.6. The van der Waals surface area contributed by atoms with E-state index in [1.54, 1.807) is 26.8 Å². The Kier molecular flexibility index (Phi) is 5.56. The summed E-state index contributed by atoms with van der Waals surface area (Å²) in [5, 5.41) is 0.623. The van der Waals surface area contributed by atoms with Crippen molar-refractivity contribution < 1.29 is 14.3 Å². The second-order valence-electron chi connectivity index (χ2n) is 6.75. The maximum atomic E-state index is 12.9. The third kappa shape index (κ3) is 4.32. The molecule has 1 aromatic carbocycles. The fourth-order valence-electron chi connectivity index (χ4n) is 2.34. The van der Waals surface area contributed by atoms with Crippen molar-refractivity contribution in [1.82, 2.24) is 4.98 Å². The second kappa shape index (κ2) is 7.33. The number of halogens is 1. The van der Waals surface area contributed by atoms with Crippen molar-refractivity contribution in [1.29, 1.82) is 0 Å². The Labute approximate surface area is 155 Å². The number of aromatic amines is 1. The smallest absolute Gasteiger partial charge is 0.334 e. The molecular formula is C19H20ClNO5. The summed E-state index contributed by atoms with van der Waals surface area (Å²) in [6.45, 7) is 6.72. The minimum atomic E-state index is -0.682. The van der Waals surface area contributed by atoms with E-state index in [9.17, 15) is 14.4 Å². The van der Waals surface area contributed by atoms with E-state index in [-0.39, 0.29) is 27.8 Å². The molecular weight excluding hydrogens is 358 g/mol. The standard InChI is InChI=1S/C19H20ClNO5/c1-10(18(24)26-19(2,3)4)8-13-15(22)12-7-6-11(20)9-14(12)21-17(23)16(13)25-5/h6-9H,1-5H3,(H,21,23). The van der Waals surface area contributed by atoms with Crippen LogP contribution >= 0.6 is 11.6 Å². The molecule has 0 bridgehead atoms. The number of hydrogen-bond donors (Lipinski definition) is 1. The minimum absolute atomic E-state index is 0.0329. The SMILES string of the molecule is COc1c(C=C(C)C(=O)OC(C)(C)C)c(=O)c2ccc(Cl)cc2[nH]c1=O. The summed E-state index contributed by atoms with van der Waals surface area (Å²) in [5.74, 6) is -0.778. The molecule has 0 aliphatic rings. The van der Waals surface area contributed by atoms with Gasteiger partial charge in [0.05, 0.1) is 18.2 Å². The number of carbonyl (C=O) groups excluding carboxylic acids is 1. The van der Waals surface area contributed by atoms with Crippen LogP contribution in [0.3, 0.4) is 0 Å². The summed E-state index contributed by atoms with van der Waals surface area (Å²) in [5.41, 5.74) is -1.34. The van der Waals surface area contributed by atoms with Gasteiger partial charge in [0.1, 0.15) is 5.60 Å². The molecule has 26 heavy (non-hydrogen) atoms. The molecule has 1 aromatic heterocycles. The molecule has 0 spiro atoms. The van der Waals surface area contributed by atoms with Gasteiger partial charge >= 0.3 is 5.97 Å². The van der Waals surface area contributed by atoms with Gasteiger partial charge in [0, 0.05) is 16.0 Å². The highest BCUT2D eigenvalue weighted by Gasteiger charge is 2.19. The molecule has 7 heteroatoms. The normalized spacial score (nSPS) is 12.2. The van der Waals surface area contributed by atoms with E-state index in [1.165, 1.54) is 32.2 Å². The van der Waals surface area contributed by atoms with Crippen molar-refractivity contribution in [2.24, 2.45) is 0 Å². The van der Waals surface area contributed by atoms with E-state index in [1.807, 2.05) is 0 Å². The van der Waals surface area contributed by atoms with Crippen LogP contribution in [0.5, 0.6) is 5.75 Å². The number of ether oxygens (including phenoxy) is 2. The number of benzene rings is 1. The third-order valence-electron chi connectivity index (χ3n) is 3.46. The number of fused-ring (bicyclic) bond motifs is 1. The molecule has 6 nitrogen and oxygen atoms in total. The molecule has 0 aliphatic carbocycles. The van der Waals surface area contributed by atoms with Crippen molar-refractivity contribution in [2.45, 2.75) is 33.3 Å². The van der Waals surface area contributed by atoms with Crippen molar-refractivity contribution >= 4 is 34.5 Å². The van der Waals surface area contributed by atoms with Crippen molar-refractivity contribution in [3.8, 4) is 5.75 Å². The van der Waals surface area contributed by atoms with Crippen LogP contribution in [0.2, 0.25) is 5.02 Å². The predicted molar refractivity (Wildman–Crippen MR) is 102 cm³/mol. The first kappa shape index (κ1) is 19.7. The predicted octanol–water partition coefficient (Wildman–Crippen LogP) is 3.30. The number of H-pyrrole nitrogens is 1. The average Bonchev–Trinajstić information content (AvgIpc) is 2.60. The minimum Gasteiger partial charge on any atom is -0.491 e. The van der Waals surface area contributed by atoms with Gasteiger partial charge in [-0.05, 0) is 52.0 Å². The molecule has 1 N–H and O–H groups in total. The van der Waals surface area contributed by atoms with E-state index >= 15 is 0 Å². The zero-order valence-corrected chi connectivity index (χ0v) is 16.0. The zero-order valence-electron chi connectivity index (χ0n) is 15.2. The fraction of sp³-hybridized carbons (Fsp3) is 0.316. The number of methoxy groups -OCH3 is 1. The molecule has 0 aliphatic heterocycles. The van der Waals surface area contributed by atoms with Gasteiger partial charge in [-0.25, -0.2) is 4.79 Å². The molecule has 138 valence electrons. The van der Waals surface area contributed by atoms with Crippen LogP contribution in [-0.4, -0.2) is 23.7 Å². The number of esters is 1. The molecule has 0 radical (unpaired) electrons. The van der Waals surface area contributed by atoms with Crippen LogP contribution in [0, 0.1) is 0 Å². The molecule has 0 saturated carbocycles. The Morgan fingerprint density at radius 1 is 1.23 bits per heavy atom.